The van der Waals surface area contributed by atoms with Crippen molar-refractivity contribution in [3.63, 3.8) is 0 Å². The number of benzene rings is 1. The van der Waals surface area contributed by atoms with Crippen LogP contribution in [0.1, 0.15) is 37.9 Å². The first kappa shape index (κ1) is 19.0. The first-order chi connectivity index (χ1) is 10.5. The minimum absolute atomic E-state index is 0.154. The second kappa shape index (κ2) is 9.17. The maximum atomic E-state index is 13.1. The smallest absolute Gasteiger partial charge is 0.207 e. The fourth-order valence-corrected chi connectivity index (χ4v) is 2.76. The lowest BCUT2D eigenvalue weighted by Crippen LogP contribution is -2.37. The zero-order valence-corrected chi connectivity index (χ0v) is 13.5. The molecule has 1 aromatic rings. The number of unbranched alkanes of at least 4 members (excludes halogenated alkanes) is 2. The largest absolute Gasteiger partial charge is 0.387 e. The average molecular weight is 335 g/mol. The zero-order valence-electron chi connectivity index (χ0n) is 12.6. The number of halogens is 2. The molecular formula is C15H23F2NO3S. The molecule has 0 aliphatic heterocycles. The molecule has 4 nitrogen and oxygen atoms in total. The summed E-state index contributed by atoms with van der Waals surface area (Å²) in [6.07, 6.45) is 1.88. The van der Waals surface area contributed by atoms with Crippen molar-refractivity contribution in [3.05, 3.63) is 29.8 Å². The van der Waals surface area contributed by atoms with Crippen molar-refractivity contribution in [2.45, 2.75) is 43.2 Å². The number of sulfone groups is 1. The Balaban J connectivity index is 2.72. The Morgan fingerprint density at radius 2 is 1.82 bits per heavy atom. The van der Waals surface area contributed by atoms with Crippen LogP contribution < -0.4 is 5.32 Å². The first-order valence-corrected chi connectivity index (χ1v) is 8.97. The van der Waals surface area contributed by atoms with Gasteiger partial charge < -0.3 is 10.4 Å². The van der Waals surface area contributed by atoms with Crippen molar-refractivity contribution in [3.8, 4) is 0 Å². The van der Waals surface area contributed by atoms with Crippen LogP contribution in [0.25, 0.3) is 0 Å². The van der Waals surface area contributed by atoms with Gasteiger partial charge in [-0.05, 0) is 30.7 Å². The maximum absolute atomic E-state index is 13.1. The number of hydrogen-bond acceptors (Lipinski definition) is 4. The van der Waals surface area contributed by atoms with Crippen LogP contribution >= 0.6 is 0 Å². The summed E-state index contributed by atoms with van der Waals surface area (Å²) in [6.45, 7) is 1.93. The van der Waals surface area contributed by atoms with Gasteiger partial charge >= 0.3 is 0 Å². The quantitative estimate of drug-likeness (QED) is 0.645. The molecule has 1 rings (SSSR count). The highest BCUT2D eigenvalue weighted by molar-refractivity contribution is 7.91. The molecule has 2 atom stereocenters. The standard InChI is InChI=1S/C15H23F2NO3S/c1-2-3-4-9-18-14(10-16)15(19)12-5-7-13(8-6-12)22(20,21)11-17/h5-8,14-15,18-19H,2-4,9-11H2,1H3. The molecule has 0 radical (unpaired) electrons. The Bertz CT molecular complexity index is 534. The summed E-state index contributed by atoms with van der Waals surface area (Å²) >= 11 is 0. The Morgan fingerprint density at radius 1 is 1.18 bits per heavy atom. The van der Waals surface area contributed by atoms with Gasteiger partial charge in [0.15, 0.2) is 6.01 Å². The highest BCUT2D eigenvalue weighted by Gasteiger charge is 2.21. The van der Waals surface area contributed by atoms with E-state index in [1.165, 1.54) is 24.3 Å². The fraction of sp³-hybridized carbons (Fsp3) is 0.600. The van der Waals surface area contributed by atoms with Gasteiger partial charge in [0.25, 0.3) is 0 Å². The van der Waals surface area contributed by atoms with Crippen LogP contribution in [0.15, 0.2) is 29.2 Å². The van der Waals surface area contributed by atoms with Crippen LogP contribution in [0.2, 0.25) is 0 Å². The SMILES string of the molecule is CCCCCNC(CF)C(O)c1ccc(S(=O)(=O)CF)cc1. The average Bonchev–Trinajstić information content (AvgIpc) is 2.54. The summed E-state index contributed by atoms with van der Waals surface area (Å²) in [5, 5.41) is 13.1. The van der Waals surface area contributed by atoms with Gasteiger partial charge in [-0.3, -0.25) is 0 Å². The summed E-state index contributed by atoms with van der Waals surface area (Å²) < 4.78 is 48.2. The van der Waals surface area contributed by atoms with E-state index in [2.05, 4.69) is 12.2 Å². The van der Waals surface area contributed by atoms with Crippen molar-refractivity contribution in [1.82, 2.24) is 5.32 Å². The highest BCUT2D eigenvalue weighted by Crippen LogP contribution is 2.20. The van der Waals surface area contributed by atoms with Crippen molar-refractivity contribution in [2.24, 2.45) is 0 Å². The Morgan fingerprint density at radius 3 is 2.32 bits per heavy atom. The third-order valence-electron chi connectivity index (χ3n) is 3.46. The second-order valence-electron chi connectivity index (χ2n) is 5.16. The van der Waals surface area contributed by atoms with Crippen molar-refractivity contribution in [1.29, 1.82) is 0 Å². The van der Waals surface area contributed by atoms with Gasteiger partial charge in [0.2, 0.25) is 9.84 Å². The molecule has 7 heteroatoms. The van der Waals surface area contributed by atoms with Gasteiger partial charge in [-0.15, -0.1) is 0 Å². The third kappa shape index (κ3) is 5.30. The number of aliphatic hydroxyl groups is 1. The van der Waals surface area contributed by atoms with E-state index in [0.29, 0.717) is 12.1 Å². The molecule has 0 spiro atoms. The molecule has 126 valence electrons. The predicted molar refractivity (Wildman–Crippen MR) is 81.9 cm³/mol. The molecule has 0 fully saturated rings. The number of nitrogens with one attached hydrogen (secondary N) is 1. The predicted octanol–water partition coefficient (Wildman–Crippen LogP) is 2.54. The maximum Gasteiger partial charge on any atom is 0.207 e. The van der Waals surface area contributed by atoms with E-state index in [9.17, 15) is 22.3 Å². The fourth-order valence-electron chi connectivity index (χ4n) is 2.08. The van der Waals surface area contributed by atoms with E-state index in [4.69, 9.17) is 0 Å². The number of rotatable bonds is 10. The van der Waals surface area contributed by atoms with Crippen LogP contribution in [-0.4, -0.2) is 38.8 Å². The number of alkyl halides is 2. The lowest BCUT2D eigenvalue weighted by molar-refractivity contribution is 0.113. The molecule has 22 heavy (non-hydrogen) atoms. The molecule has 0 saturated carbocycles. The lowest BCUT2D eigenvalue weighted by atomic mass is 10.0. The lowest BCUT2D eigenvalue weighted by Gasteiger charge is -2.22. The van der Waals surface area contributed by atoms with Gasteiger partial charge in [-0.2, -0.15) is 0 Å². The first-order valence-electron chi connectivity index (χ1n) is 7.32. The van der Waals surface area contributed by atoms with Gasteiger partial charge in [-0.1, -0.05) is 31.9 Å². The molecule has 0 aliphatic carbocycles. The topological polar surface area (TPSA) is 66.4 Å². The van der Waals surface area contributed by atoms with Crippen molar-refractivity contribution < 1.29 is 22.3 Å². The normalized spacial score (nSPS) is 14.7. The van der Waals surface area contributed by atoms with E-state index in [-0.39, 0.29) is 4.90 Å². The molecule has 0 bridgehead atoms. The third-order valence-corrected chi connectivity index (χ3v) is 4.74. The van der Waals surface area contributed by atoms with Gasteiger partial charge in [0.05, 0.1) is 17.0 Å². The zero-order chi connectivity index (χ0) is 16.6. The van der Waals surface area contributed by atoms with Gasteiger partial charge in [0.1, 0.15) is 6.67 Å². The Hall–Kier alpha value is -1.05. The molecule has 0 amide bonds. The Labute approximate surface area is 130 Å². The van der Waals surface area contributed by atoms with Crippen molar-refractivity contribution >= 4 is 9.84 Å². The molecule has 1 aromatic carbocycles. The minimum Gasteiger partial charge on any atom is -0.387 e. The summed E-state index contributed by atoms with van der Waals surface area (Å²) in [7, 11) is -3.92. The molecule has 0 saturated heterocycles. The highest BCUT2D eigenvalue weighted by atomic mass is 32.2. The van der Waals surface area contributed by atoms with Gasteiger partial charge in [-0.25, -0.2) is 17.2 Å². The minimum atomic E-state index is -3.92. The van der Waals surface area contributed by atoms with Gasteiger partial charge in [0, 0.05) is 0 Å². The van der Waals surface area contributed by atoms with Crippen LogP contribution in [0.5, 0.6) is 0 Å². The summed E-state index contributed by atoms with van der Waals surface area (Å²) in [5.74, 6) is 0. The monoisotopic (exact) mass is 335 g/mol. The molecule has 2 N–H and O–H groups in total. The van der Waals surface area contributed by atoms with E-state index < -0.39 is 34.7 Å². The summed E-state index contributed by atoms with van der Waals surface area (Å²) in [6, 6.07) is 2.98. The second-order valence-corrected chi connectivity index (χ2v) is 7.08. The molecule has 2 unspecified atom stereocenters. The molecule has 0 aromatic heterocycles. The summed E-state index contributed by atoms with van der Waals surface area (Å²) in [5.41, 5.74) is 0.392. The number of hydrogen-bond donors (Lipinski definition) is 2. The van der Waals surface area contributed by atoms with Crippen LogP contribution in [0.3, 0.4) is 0 Å². The molecular weight excluding hydrogens is 312 g/mol. The van der Waals surface area contributed by atoms with E-state index in [1.807, 2.05) is 0 Å². The van der Waals surface area contributed by atoms with Crippen LogP contribution in [0, 0.1) is 0 Å². The van der Waals surface area contributed by atoms with Crippen molar-refractivity contribution in [2.75, 3.05) is 19.2 Å². The Kier molecular flexibility index (Phi) is 7.92. The summed E-state index contributed by atoms with van der Waals surface area (Å²) in [4.78, 5) is -0.154. The van der Waals surface area contributed by atoms with Crippen LogP contribution in [-0.2, 0) is 9.84 Å². The number of aliphatic hydroxyl groups excluding tert-OH is 1. The van der Waals surface area contributed by atoms with E-state index in [0.717, 1.165) is 19.3 Å². The van der Waals surface area contributed by atoms with E-state index in [1.54, 1.807) is 0 Å². The van der Waals surface area contributed by atoms with E-state index >= 15 is 0 Å². The molecule has 0 aliphatic rings. The van der Waals surface area contributed by atoms with Crippen LogP contribution in [0.4, 0.5) is 8.78 Å². The molecule has 0 heterocycles.